The Kier molecular flexibility index (Phi) is 4.81. The van der Waals surface area contributed by atoms with Crippen LogP contribution in [-0.2, 0) is 13.1 Å². The second-order valence-electron chi connectivity index (χ2n) is 6.70. The van der Waals surface area contributed by atoms with Crippen LogP contribution in [0, 0.1) is 20.8 Å². The molecule has 0 aliphatic carbocycles. The maximum absolute atomic E-state index is 4.76. The summed E-state index contributed by atoms with van der Waals surface area (Å²) in [4.78, 5) is 7.34. The number of likely N-dealkylation sites (tertiary alicyclic amines) is 1. The molecule has 0 bridgehead atoms. The molecule has 1 aliphatic heterocycles. The topological polar surface area (TPSA) is 34.0 Å². The molecule has 1 unspecified atom stereocenters. The van der Waals surface area contributed by atoms with Gasteiger partial charge in [0, 0.05) is 30.0 Å². The second-order valence-corrected chi connectivity index (χ2v) is 6.70. The van der Waals surface area contributed by atoms with Crippen molar-refractivity contribution in [3.05, 3.63) is 46.5 Å². The highest BCUT2D eigenvalue weighted by Crippen LogP contribution is 2.33. The van der Waals surface area contributed by atoms with Crippen LogP contribution in [0.2, 0.25) is 0 Å². The van der Waals surface area contributed by atoms with Crippen LogP contribution in [0.25, 0.3) is 0 Å². The van der Waals surface area contributed by atoms with Crippen LogP contribution in [-0.4, -0.2) is 26.2 Å². The fourth-order valence-corrected chi connectivity index (χ4v) is 3.70. The smallest absolute Gasteiger partial charge is 0.0641 e. The Morgan fingerprint density at radius 3 is 2.78 bits per heavy atom. The third kappa shape index (κ3) is 3.32. The van der Waals surface area contributed by atoms with E-state index in [1.807, 2.05) is 0 Å². The first-order valence-corrected chi connectivity index (χ1v) is 8.80. The molecule has 2 aromatic heterocycles. The number of nitrogens with zero attached hydrogens (tertiary/aromatic N) is 4. The lowest BCUT2D eigenvalue weighted by Gasteiger charge is -2.24. The fraction of sp³-hybridized carbons (Fsp3) is 0.579. The van der Waals surface area contributed by atoms with Crippen molar-refractivity contribution >= 4 is 0 Å². The van der Waals surface area contributed by atoms with Crippen molar-refractivity contribution in [3.8, 4) is 0 Å². The van der Waals surface area contributed by atoms with Crippen molar-refractivity contribution in [2.75, 3.05) is 6.54 Å². The van der Waals surface area contributed by atoms with Gasteiger partial charge in [-0.15, -0.1) is 0 Å². The molecular formula is C19H28N4. The van der Waals surface area contributed by atoms with Gasteiger partial charge in [0.1, 0.15) is 0 Å². The van der Waals surface area contributed by atoms with Crippen LogP contribution < -0.4 is 0 Å². The van der Waals surface area contributed by atoms with Gasteiger partial charge in [-0.3, -0.25) is 14.6 Å². The Morgan fingerprint density at radius 2 is 2.04 bits per heavy atom. The maximum Gasteiger partial charge on any atom is 0.0641 e. The van der Waals surface area contributed by atoms with Gasteiger partial charge in [-0.1, -0.05) is 13.0 Å². The van der Waals surface area contributed by atoms with E-state index in [1.165, 1.54) is 35.5 Å². The van der Waals surface area contributed by atoms with E-state index in [0.29, 0.717) is 6.04 Å². The van der Waals surface area contributed by atoms with Crippen LogP contribution in [0.3, 0.4) is 0 Å². The van der Waals surface area contributed by atoms with Gasteiger partial charge in [0.05, 0.1) is 17.4 Å². The minimum atomic E-state index is 0.447. The zero-order chi connectivity index (χ0) is 16.4. The number of aromatic nitrogens is 3. The predicted octanol–water partition coefficient (Wildman–Crippen LogP) is 3.95. The Morgan fingerprint density at radius 1 is 1.22 bits per heavy atom. The van der Waals surface area contributed by atoms with Gasteiger partial charge in [0.15, 0.2) is 0 Å². The van der Waals surface area contributed by atoms with E-state index >= 15 is 0 Å². The fourth-order valence-electron chi connectivity index (χ4n) is 3.70. The van der Waals surface area contributed by atoms with Gasteiger partial charge in [0.2, 0.25) is 0 Å². The van der Waals surface area contributed by atoms with E-state index in [0.717, 1.165) is 31.7 Å². The maximum atomic E-state index is 4.76. The predicted molar refractivity (Wildman–Crippen MR) is 93.4 cm³/mol. The molecule has 0 spiro atoms. The van der Waals surface area contributed by atoms with Gasteiger partial charge >= 0.3 is 0 Å². The number of hydrogen-bond donors (Lipinski definition) is 0. The first-order valence-electron chi connectivity index (χ1n) is 8.80. The van der Waals surface area contributed by atoms with Gasteiger partial charge in [-0.25, -0.2) is 0 Å². The van der Waals surface area contributed by atoms with E-state index in [9.17, 15) is 0 Å². The molecule has 0 N–H and O–H groups in total. The van der Waals surface area contributed by atoms with E-state index in [-0.39, 0.29) is 0 Å². The number of rotatable bonds is 5. The van der Waals surface area contributed by atoms with Crippen molar-refractivity contribution in [1.29, 1.82) is 0 Å². The molecule has 4 heteroatoms. The number of hydrogen-bond acceptors (Lipinski definition) is 3. The summed E-state index contributed by atoms with van der Waals surface area (Å²) in [6, 6.07) is 6.83. The molecule has 0 saturated carbocycles. The molecule has 1 saturated heterocycles. The highest BCUT2D eigenvalue weighted by Gasteiger charge is 2.28. The molecule has 0 aromatic carbocycles. The molecule has 1 fully saturated rings. The summed E-state index contributed by atoms with van der Waals surface area (Å²) in [5, 5.41) is 4.73. The van der Waals surface area contributed by atoms with Gasteiger partial charge in [-0.2, -0.15) is 5.10 Å². The minimum absolute atomic E-state index is 0.447. The molecule has 2 aromatic rings. The SMILES string of the molecule is CCCn1nc(C)c(CN2CCCC2c2cccc(C)n2)c1C. The monoisotopic (exact) mass is 312 g/mol. The van der Waals surface area contributed by atoms with Gasteiger partial charge in [0.25, 0.3) is 0 Å². The lowest BCUT2D eigenvalue weighted by atomic mass is 10.1. The zero-order valence-electron chi connectivity index (χ0n) is 14.8. The van der Waals surface area contributed by atoms with Crippen molar-refractivity contribution in [1.82, 2.24) is 19.7 Å². The first-order chi connectivity index (χ1) is 11.1. The van der Waals surface area contributed by atoms with Crippen LogP contribution >= 0.6 is 0 Å². The molecule has 0 amide bonds. The molecule has 23 heavy (non-hydrogen) atoms. The lowest BCUT2D eigenvalue weighted by Crippen LogP contribution is -2.24. The number of pyridine rings is 1. The molecule has 124 valence electrons. The lowest BCUT2D eigenvalue weighted by molar-refractivity contribution is 0.243. The zero-order valence-corrected chi connectivity index (χ0v) is 14.8. The van der Waals surface area contributed by atoms with E-state index in [4.69, 9.17) is 10.1 Å². The molecule has 1 atom stereocenters. The summed E-state index contributed by atoms with van der Waals surface area (Å²) in [6.07, 6.45) is 3.58. The van der Waals surface area contributed by atoms with Crippen molar-refractivity contribution in [3.63, 3.8) is 0 Å². The highest BCUT2D eigenvalue weighted by molar-refractivity contribution is 5.25. The largest absolute Gasteiger partial charge is 0.290 e. The summed E-state index contributed by atoms with van der Waals surface area (Å²) in [6.45, 7) is 11.8. The summed E-state index contributed by atoms with van der Waals surface area (Å²) in [7, 11) is 0. The molecule has 0 radical (unpaired) electrons. The minimum Gasteiger partial charge on any atom is -0.290 e. The Bertz CT molecular complexity index is 674. The van der Waals surface area contributed by atoms with Crippen molar-refractivity contribution < 1.29 is 0 Å². The van der Waals surface area contributed by atoms with E-state index in [1.54, 1.807) is 0 Å². The third-order valence-corrected chi connectivity index (χ3v) is 4.94. The van der Waals surface area contributed by atoms with Crippen molar-refractivity contribution in [2.24, 2.45) is 0 Å². The average molecular weight is 312 g/mol. The molecule has 3 rings (SSSR count). The second kappa shape index (κ2) is 6.83. The van der Waals surface area contributed by atoms with Gasteiger partial charge < -0.3 is 0 Å². The van der Waals surface area contributed by atoms with Crippen LogP contribution in [0.4, 0.5) is 0 Å². The molecule has 3 heterocycles. The summed E-state index contributed by atoms with van der Waals surface area (Å²) < 4.78 is 2.17. The van der Waals surface area contributed by atoms with Crippen LogP contribution in [0.15, 0.2) is 18.2 Å². The van der Waals surface area contributed by atoms with E-state index in [2.05, 4.69) is 55.5 Å². The number of aryl methyl sites for hydroxylation is 3. The summed E-state index contributed by atoms with van der Waals surface area (Å²) in [5.41, 5.74) is 6.24. The molecule has 4 nitrogen and oxygen atoms in total. The van der Waals surface area contributed by atoms with Crippen LogP contribution in [0.5, 0.6) is 0 Å². The van der Waals surface area contributed by atoms with Gasteiger partial charge in [-0.05, 0) is 58.7 Å². The highest BCUT2D eigenvalue weighted by atomic mass is 15.3. The van der Waals surface area contributed by atoms with Crippen LogP contribution in [0.1, 0.15) is 60.6 Å². The Hall–Kier alpha value is -1.68. The Balaban J connectivity index is 1.82. The standard InChI is InChI=1S/C19H28N4/c1-5-11-23-16(4)17(15(3)21-23)13-22-12-7-10-19(22)18-9-6-8-14(2)20-18/h6,8-9,19H,5,7,10-13H2,1-4H3. The quantitative estimate of drug-likeness (QED) is 0.838. The third-order valence-electron chi connectivity index (χ3n) is 4.94. The average Bonchev–Trinajstić information content (AvgIpc) is 3.08. The normalized spacial score (nSPS) is 18.7. The van der Waals surface area contributed by atoms with E-state index < -0.39 is 0 Å². The first kappa shape index (κ1) is 16.2. The summed E-state index contributed by atoms with van der Waals surface area (Å²) in [5.74, 6) is 0. The molecule has 1 aliphatic rings. The Labute approximate surface area is 139 Å². The molecular weight excluding hydrogens is 284 g/mol. The van der Waals surface area contributed by atoms with Crippen molar-refractivity contribution in [2.45, 2.75) is 66.1 Å². The summed E-state index contributed by atoms with van der Waals surface area (Å²) >= 11 is 0.